The molecule has 0 aliphatic heterocycles. The molecule has 0 aromatic heterocycles. The lowest BCUT2D eigenvalue weighted by Gasteiger charge is -2.49. The predicted molar refractivity (Wildman–Crippen MR) is 131 cm³/mol. The van der Waals surface area contributed by atoms with Crippen molar-refractivity contribution < 1.29 is 34.2 Å². The van der Waals surface area contributed by atoms with Gasteiger partial charge in [0, 0.05) is 25.7 Å². The summed E-state index contributed by atoms with van der Waals surface area (Å²) >= 11 is 0. The molecule has 7 nitrogen and oxygen atoms in total. The Labute approximate surface area is 200 Å². The first-order chi connectivity index (χ1) is 15.7. The van der Waals surface area contributed by atoms with E-state index in [-0.39, 0.29) is 25.8 Å². The van der Waals surface area contributed by atoms with Gasteiger partial charge in [-0.15, -0.1) is 0 Å². The normalized spacial score (nSPS) is 16.2. The number of hydrogen-bond donors (Lipinski definition) is 3. The molecule has 0 rings (SSSR count). The maximum atomic E-state index is 12.2. The fourth-order valence-electron chi connectivity index (χ4n) is 5.22. The third kappa shape index (κ3) is 9.86. The van der Waals surface area contributed by atoms with Crippen molar-refractivity contribution in [1.29, 1.82) is 0 Å². The van der Waals surface area contributed by atoms with E-state index in [4.69, 9.17) is 0 Å². The van der Waals surface area contributed by atoms with Crippen LogP contribution in [-0.2, 0) is 14.4 Å². The molecule has 0 radical (unpaired) electrons. The molecule has 0 fully saturated rings. The molecule has 0 spiro atoms. The Bertz CT molecular complexity index is 549. The number of unbranched alkanes of at least 4 members (excludes halogenated alkanes) is 8. The van der Waals surface area contributed by atoms with Crippen molar-refractivity contribution >= 4 is 17.9 Å². The number of hydrogen-bond acceptors (Lipinski definition) is 3. The third-order valence-corrected chi connectivity index (χ3v) is 6.81. The highest BCUT2D eigenvalue weighted by Crippen LogP contribution is 2.32. The summed E-state index contributed by atoms with van der Waals surface area (Å²) in [5.74, 6) is -3.40. The quantitative estimate of drug-likeness (QED) is 0.110. The van der Waals surface area contributed by atoms with Crippen LogP contribution < -0.4 is 0 Å². The number of carboxylic acid groups (broad SMARTS) is 3. The molecule has 0 saturated carbocycles. The highest BCUT2D eigenvalue weighted by Gasteiger charge is 2.55. The molecule has 0 amide bonds. The molecule has 0 aliphatic rings. The molecular weight excluding hydrogens is 422 g/mol. The Morgan fingerprint density at radius 2 is 0.970 bits per heavy atom. The largest absolute Gasteiger partial charge is 0.477 e. The molecule has 0 aromatic carbocycles. The van der Waals surface area contributed by atoms with Gasteiger partial charge in [-0.25, -0.2) is 14.4 Å². The Morgan fingerprint density at radius 1 is 0.606 bits per heavy atom. The van der Waals surface area contributed by atoms with Crippen LogP contribution in [0.4, 0.5) is 0 Å². The summed E-state index contributed by atoms with van der Waals surface area (Å²) in [6.07, 6.45) is 15.8. The molecule has 7 heteroatoms. The molecule has 0 aromatic rings. The van der Waals surface area contributed by atoms with Gasteiger partial charge in [0.1, 0.15) is 0 Å². The van der Waals surface area contributed by atoms with Crippen molar-refractivity contribution in [3.8, 4) is 0 Å². The van der Waals surface area contributed by atoms with E-state index in [2.05, 4.69) is 19.1 Å². The summed E-state index contributed by atoms with van der Waals surface area (Å²) in [6, 6.07) is -3.24. The van der Waals surface area contributed by atoms with Crippen LogP contribution in [-0.4, -0.2) is 62.4 Å². The number of rotatable bonds is 21. The van der Waals surface area contributed by atoms with Crippen LogP contribution in [0.2, 0.25) is 0 Å². The summed E-state index contributed by atoms with van der Waals surface area (Å²) in [5.41, 5.74) is 0. The number of nitrogens with zero attached hydrogens (tertiary/aromatic N) is 1. The van der Waals surface area contributed by atoms with Gasteiger partial charge in [0.25, 0.3) is 0 Å². The molecule has 3 N–H and O–H groups in total. The van der Waals surface area contributed by atoms with Crippen molar-refractivity contribution in [3.05, 3.63) is 12.2 Å². The van der Waals surface area contributed by atoms with Crippen molar-refractivity contribution in [3.63, 3.8) is 0 Å². The standard InChI is InChI=1S/C26H47NO6/c1-5-9-10-11-12-13-14-15-16-17-18-19-20-27(21(6-2)24(28)29,22(7-3)25(30)31)23(8-4)26(32)33/h16-17,21-23H,5-15,18-20H2,1-4H3,(H2-,28,29,30,31,32,33)/p+1/b17-16+. The topological polar surface area (TPSA) is 112 Å². The summed E-state index contributed by atoms with van der Waals surface area (Å²) in [6.45, 7) is 7.50. The molecule has 0 bridgehead atoms. The van der Waals surface area contributed by atoms with Crippen molar-refractivity contribution in [2.45, 2.75) is 129 Å². The van der Waals surface area contributed by atoms with Gasteiger partial charge >= 0.3 is 17.9 Å². The zero-order valence-electron chi connectivity index (χ0n) is 21.3. The maximum absolute atomic E-state index is 12.2. The van der Waals surface area contributed by atoms with E-state index in [0.29, 0.717) is 12.8 Å². The first-order valence-corrected chi connectivity index (χ1v) is 12.9. The van der Waals surface area contributed by atoms with Crippen molar-refractivity contribution in [2.75, 3.05) is 6.54 Å². The Balaban J connectivity index is 5.31. The molecule has 0 heterocycles. The number of aliphatic carboxylic acids is 3. The van der Waals surface area contributed by atoms with Crippen LogP contribution in [0.5, 0.6) is 0 Å². The van der Waals surface area contributed by atoms with Gasteiger partial charge in [0.15, 0.2) is 18.1 Å². The van der Waals surface area contributed by atoms with Crippen molar-refractivity contribution in [2.24, 2.45) is 0 Å². The fraction of sp³-hybridized carbons (Fsp3) is 0.808. The van der Waals surface area contributed by atoms with Crippen molar-refractivity contribution in [1.82, 2.24) is 0 Å². The van der Waals surface area contributed by atoms with Crippen LogP contribution >= 0.6 is 0 Å². The van der Waals surface area contributed by atoms with Gasteiger partial charge in [-0.2, -0.15) is 0 Å². The molecular formula is C26H48NO6+. The number of carbonyl (C=O) groups is 3. The molecule has 3 atom stereocenters. The minimum atomic E-state index is -1.13. The van der Waals surface area contributed by atoms with E-state index < -0.39 is 40.5 Å². The Kier molecular flexibility index (Phi) is 16.6. The third-order valence-electron chi connectivity index (χ3n) is 6.81. The van der Waals surface area contributed by atoms with Crippen LogP contribution in [0.3, 0.4) is 0 Å². The fourth-order valence-corrected chi connectivity index (χ4v) is 5.22. The van der Waals surface area contributed by atoms with Crippen LogP contribution in [0.1, 0.15) is 111 Å². The zero-order valence-corrected chi connectivity index (χ0v) is 21.3. The molecule has 0 saturated heterocycles. The smallest absolute Gasteiger partial charge is 0.362 e. The van der Waals surface area contributed by atoms with Gasteiger partial charge in [-0.1, -0.05) is 78.4 Å². The SMILES string of the molecule is CCCCCCCCC/C=C/CCC[N+](C(CC)C(=O)O)(C(CC)C(=O)O)C(CC)C(=O)O. The number of carboxylic acids is 3. The lowest BCUT2D eigenvalue weighted by molar-refractivity contribution is -0.973. The van der Waals surface area contributed by atoms with Gasteiger partial charge in [0.05, 0.1) is 6.54 Å². The summed E-state index contributed by atoms with van der Waals surface area (Å²) < 4.78 is -0.435. The van der Waals surface area contributed by atoms with Gasteiger partial charge in [-0.05, 0) is 19.3 Å². The van der Waals surface area contributed by atoms with E-state index in [1.807, 2.05) is 0 Å². The first-order valence-electron chi connectivity index (χ1n) is 12.9. The lowest BCUT2D eigenvalue weighted by atomic mass is 9.94. The summed E-state index contributed by atoms with van der Waals surface area (Å²) in [4.78, 5) is 36.5. The minimum Gasteiger partial charge on any atom is -0.477 e. The Hall–Kier alpha value is -1.89. The minimum absolute atomic E-state index is 0.178. The van der Waals surface area contributed by atoms with Crippen LogP contribution in [0.25, 0.3) is 0 Å². The Morgan fingerprint density at radius 3 is 1.33 bits per heavy atom. The average molecular weight is 471 g/mol. The second-order valence-electron chi connectivity index (χ2n) is 9.03. The van der Waals surface area contributed by atoms with Gasteiger partial charge in [0.2, 0.25) is 0 Å². The van der Waals surface area contributed by atoms with Gasteiger partial charge in [-0.3, -0.25) is 4.48 Å². The maximum Gasteiger partial charge on any atom is 0.362 e. The lowest BCUT2D eigenvalue weighted by Crippen LogP contribution is -2.72. The molecule has 3 unspecified atom stereocenters. The summed E-state index contributed by atoms with van der Waals surface area (Å²) in [5, 5.41) is 29.8. The second kappa shape index (κ2) is 17.6. The zero-order chi connectivity index (χ0) is 25.3. The van der Waals surface area contributed by atoms with Crippen LogP contribution in [0.15, 0.2) is 12.2 Å². The first kappa shape index (κ1) is 31.1. The number of quaternary nitrogens is 1. The van der Waals surface area contributed by atoms with Gasteiger partial charge < -0.3 is 15.3 Å². The predicted octanol–water partition coefficient (Wildman–Crippen LogP) is 5.87. The van der Waals surface area contributed by atoms with E-state index in [9.17, 15) is 29.7 Å². The van der Waals surface area contributed by atoms with E-state index >= 15 is 0 Å². The van der Waals surface area contributed by atoms with E-state index in [0.717, 1.165) is 12.8 Å². The number of allylic oxidation sites excluding steroid dienone is 2. The average Bonchev–Trinajstić information content (AvgIpc) is 2.75. The van der Waals surface area contributed by atoms with E-state index in [1.54, 1.807) is 20.8 Å². The highest BCUT2D eigenvalue weighted by atomic mass is 16.4. The molecule has 192 valence electrons. The summed E-state index contributed by atoms with van der Waals surface area (Å²) in [7, 11) is 0. The molecule has 33 heavy (non-hydrogen) atoms. The van der Waals surface area contributed by atoms with Crippen LogP contribution in [0, 0.1) is 0 Å². The highest BCUT2D eigenvalue weighted by molar-refractivity contribution is 5.78. The van der Waals surface area contributed by atoms with E-state index in [1.165, 1.54) is 38.5 Å². The monoisotopic (exact) mass is 470 g/mol. The second-order valence-corrected chi connectivity index (χ2v) is 9.03. The molecule has 0 aliphatic carbocycles.